The third-order valence-electron chi connectivity index (χ3n) is 13.7. The molecule has 36 heavy (non-hydrogen) atoms. The Kier molecular flexibility index (Phi) is 5.33. The molecular formula is C30H51NO4S. The number of ether oxygens (including phenoxy) is 1. The van der Waals surface area contributed by atoms with E-state index in [0.29, 0.717) is 53.2 Å². The number of aliphatic hydroxyl groups is 1. The summed E-state index contributed by atoms with van der Waals surface area (Å²) >= 11 is 0. The van der Waals surface area contributed by atoms with Crippen molar-refractivity contribution in [1.82, 2.24) is 4.31 Å². The van der Waals surface area contributed by atoms with Gasteiger partial charge in [0.25, 0.3) is 0 Å². The average Bonchev–Trinajstić information content (AvgIpc) is 3.71. The molecular weight excluding hydrogens is 470 g/mol. The molecule has 1 saturated heterocycles. The van der Waals surface area contributed by atoms with E-state index in [1.165, 1.54) is 70.5 Å². The van der Waals surface area contributed by atoms with Crippen LogP contribution in [0.1, 0.15) is 99.2 Å². The third kappa shape index (κ3) is 3.32. The molecule has 6 heteroatoms. The van der Waals surface area contributed by atoms with E-state index in [4.69, 9.17) is 4.74 Å². The van der Waals surface area contributed by atoms with Gasteiger partial charge < -0.3 is 9.84 Å². The van der Waals surface area contributed by atoms with Crippen LogP contribution in [0.15, 0.2) is 0 Å². The van der Waals surface area contributed by atoms with Crippen molar-refractivity contribution in [2.45, 2.75) is 116 Å². The number of aliphatic hydroxyl groups excluding tert-OH is 1. The van der Waals surface area contributed by atoms with Crippen molar-refractivity contribution < 1.29 is 19.7 Å². The first kappa shape index (κ1) is 24.8. The molecule has 10 atom stereocenters. The van der Waals surface area contributed by atoms with Gasteiger partial charge in [0.1, 0.15) is 0 Å². The molecule has 7 aliphatic rings. The smallest absolute Gasteiger partial charge is 0.211 e. The average molecular weight is 522 g/mol. The summed E-state index contributed by atoms with van der Waals surface area (Å²) in [6.07, 6.45) is 16.4. The fourth-order valence-corrected chi connectivity index (χ4v) is 12.5. The van der Waals surface area contributed by atoms with Crippen molar-refractivity contribution in [3.8, 4) is 0 Å². The minimum Gasteiger partial charge on any atom is -0.393 e. The van der Waals surface area contributed by atoms with Crippen LogP contribution in [0.2, 0.25) is 0 Å². The van der Waals surface area contributed by atoms with Crippen molar-refractivity contribution in [2.24, 2.45) is 51.2 Å². The molecule has 0 radical (unpaired) electrons. The normalized spacial score (nSPS) is 53.1. The van der Waals surface area contributed by atoms with E-state index in [1.54, 1.807) is 4.31 Å². The maximum atomic E-state index is 12.5. The van der Waals surface area contributed by atoms with Crippen LogP contribution in [0, 0.1) is 51.2 Å². The van der Waals surface area contributed by atoms with Crippen LogP contribution in [0.5, 0.6) is 0 Å². The molecule has 206 valence electrons. The second kappa shape index (κ2) is 7.73. The molecule has 0 aromatic rings. The largest absolute Gasteiger partial charge is 0.393 e. The summed E-state index contributed by atoms with van der Waals surface area (Å²) in [5, 5.41) is 10.9. The van der Waals surface area contributed by atoms with Crippen LogP contribution in [0.3, 0.4) is 0 Å². The SMILES string of the molecule is CC12CC[C@@]34CC35CC[C@H](O)C(C)(C)C5CCC4C1CC1OC(CN(CC3CC3)S(C)(=O)=O)CCC12.[HH]. The number of nitrogens with zero attached hydrogens (tertiary/aromatic N) is 1. The Morgan fingerprint density at radius 1 is 0.889 bits per heavy atom. The Morgan fingerprint density at radius 3 is 2.36 bits per heavy atom. The first-order valence-electron chi connectivity index (χ1n) is 15.2. The van der Waals surface area contributed by atoms with Gasteiger partial charge in [-0.2, -0.15) is 4.31 Å². The molecule has 1 heterocycles. The summed E-state index contributed by atoms with van der Waals surface area (Å²) in [6.45, 7) is 8.54. The lowest BCUT2D eigenvalue weighted by Gasteiger charge is -2.59. The highest BCUT2D eigenvalue weighted by Crippen LogP contribution is 2.87. The molecule has 0 aromatic heterocycles. The number of rotatable bonds is 5. The Labute approximate surface area is 220 Å². The van der Waals surface area contributed by atoms with Gasteiger partial charge in [-0.05, 0) is 128 Å². The molecule has 6 aliphatic carbocycles. The molecule has 7 fully saturated rings. The van der Waals surface area contributed by atoms with E-state index in [9.17, 15) is 13.5 Å². The highest BCUT2D eigenvalue weighted by molar-refractivity contribution is 7.88. The maximum absolute atomic E-state index is 12.5. The molecule has 1 N–H and O–H groups in total. The van der Waals surface area contributed by atoms with Gasteiger partial charge >= 0.3 is 0 Å². The van der Waals surface area contributed by atoms with E-state index < -0.39 is 10.0 Å². The third-order valence-corrected chi connectivity index (χ3v) is 14.9. The van der Waals surface area contributed by atoms with Gasteiger partial charge in [0, 0.05) is 14.5 Å². The minimum atomic E-state index is -3.18. The molecule has 0 aromatic carbocycles. The monoisotopic (exact) mass is 521 g/mol. The van der Waals surface area contributed by atoms with Gasteiger partial charge in [-0.1, -0.05) is 20.8 Å². The summed E-state index contributed by atoms with van der Waals surface area (Å²) < 4.78 is 33.5. The molecule has 0 bridgehead atoms. The van der Waals surface area contributed by atoms with Crippen LogP contribution in [-0.4, -0.2) is 55.5 Å². The summed E-state index contributed by atoms with van der Waals surface area (Å²) in [5.41, 5.74) is 1.47. The van der Waals surface area contributed by atoms with Crippen molar-refractivity contribution in [1.29, 1.82) is 0 Å². The second-order valence-corrected chi connectivity index (χ2v) is 17.4. The summed E-state index contributed by atoms with van der Waals surface area (Å²) in [4.78, 5) is 0. The number of sulfonamides is 1. The van der Waals surface area contributed by atoms with Gasteiger partial charge in [0.2, 0.25) is 10.0 Å². The van der Waals surface area contributed by atoms with Crippen LogP contribution in [0.25, 0.3) is 0 Å². The van der Waals surface area contributed by atoms with Crippen molar-refractivity contribution in [2.75, 3.05) is 19.3 Å². The van der Waals surface area contributed by atoms with Crippen molar-refractivity contribution >= 4 is 10.0 Å². The van der Waals surface area contributed by atoms with Crippen molar-refractivity contribution in [3.05, 3.63) is 0 Å². The first-order chi connectivity index (χ1) is 16.9. The van der Waals surface area contributed by atoms with E-state index in [1.807, 2.05) is 0 Å². The predicted octanol–water partition coefficient (Wildman–Crippen LogP) is 5.47. The molecule has 1 aliphatic heterocycles. The van der Waals surface area contributed by atoms with E-state index >= 15 is 0 Å². The zero-order chi connectivity index (χ0) is 25.3. The van der Waals surface area contributed by atoms with Gasteiger partial charge in [-0.3, -0.25) is 0 Å². The van der Waals surface area contributed by atoms with E-state index in [-0.39, 0.29) is 19.0 Å². The lowest BCUT2D eigenvalue weighted by Crippen LogP contribution is -2.54. The summed E-state index contributed by atoms with van der Waals surface area (Å²) in [6, 6.07) is 0. The minimum absolute atomic E-state index is 0. The summed E-state index contributed by atoms with van der Waals surface area (Å²) in [7, 11) is -3.18. The highest BCUT2D eigenvalue weighted by atomic mass is 32.2. The van der Waals surface area contributed by atoms with Crippen LogP contribution in [0.4, 0.5) is 0 Å². The van der Waals surface area contributed by atoms with Gasteiger partial charge in [-0.25, -0.2) is 8.42 Å². The fourth-order valence-electron chi connectivity index (χ4n) is 11.6. The van der Waals surface area contributed by atoms with Crippen LogP contribution < -0.4 is 0 Å². The Hall–Kier alpha value is -0.170. The second-order valence-electron chi connectivity index (χ2n) is 15.5. The molecule has 0 amide bonds. The molecule has 5 nitrogen and oxygen atoms in total. The van der Waals surface area contributed by atoms with Crippen LogP contribution >= 0.6 is 0 Å². The Balaban J connectivity index is 0.00000252. The number of hydrogen-bond donors (Lipinski definition) is 1. The molecule has 6 saturated carbocycles. The van der Waals surface area contributed by atoms with Gasteiger partial charge in [0.15, 0.2) is 0 Å². The Morgan fingerprint density at radius 2 is 1.64 bits per heavy atom. The van der Waals surface area contributed by atoms with Gasteiger partial charge in [0.05, 0.1) is 24.6 Å². The van der Waals surface area contributed by atoms with E-state index in [0.717, 1.165) is 24.7 Å². The van der Waals surface area contributed by atoms with Crippen molar-refractivity contribution in [3.63, 3.8) is 0 Å². The zero-order valence-corrected chi connectivity index (χ0v) is 23.9. The summed E-state index contributed by atoms with van der Waals surface area (Å²) in [5.74, 6) is 3.48. The first-order valence-corrected chi connectivity index (χ1v) is 17.0. The quantitative estimate of drug-likeness (QED) is 0.521. The number of fused-ring (bicyclic) bond motifs is 4. The molecule has 2 spiro atoms. The lowest BCUT2D eigenvalue weighted by molar-refractivity contribution is -0.135. The molecule has 7 rings (SSSR count). The fraction of sp³-hybridized carbons (Fsp3) is 1.00. The maximum Gasteiger partial charge on any atom is 0.211 e. The molecule has 8 unspecified atom stereocenters. The van der Waals surface area contributed by atoms with Gasteiger partial charge in [-0.15, -0.1) is 0 Å². The topological polar surface area (TPSA) is 66.8 Å². The van der Waals surface area contributed by atoms with Crippen LogP contribution in [-0.2, 0) is 14.8 Å². The van der Waals surface area contributed by atoms with E-state index in [2.05, 4.69) is 20.8 Å². The number of hydrogen-bond acceptors (Lipinski definition) is 4. The Bertz CT molecular complexity index is 1030. The standard InChI is InChI=1S/C30H49NO4S.H2/c1-27(2)25-10-9-21-23-15-24-22(8-7-20(35-24)17-31(36(4,33)34)16-19-5-6-19)28(23,3)13-14-29(21)18-30(25,29)12-11-26(27)32;/h19-26,32H,5-18H2,1-4H3;1H/t20?,21?,22?,23?,24?,25?,26-,28?,29-,30?;/m0./s1. The zero-order valence-electron chi connectivity index (χ0n) is 23.0. The highest BCUT2D eigenvalue weighted by Gasteiger charge is 2.80. The predicted molar refractivity (Wildman–Crippen MR) is 143 cm³/mol. The lowest BCUT2D eigenvalue weighted by atomic mass is 9.46.